The van der Waals surface area contributed by atoms with E-state index in [0.29, 0.717) is 13.0 Å². The molecule has 4 rings (SSSR count). The molecule has 0 saturated heterocycles. The van der Waals surface area contributed by atoms with Gasteiger partial charge in [-0.3, -0.25) is 10.2 Å². The van der Waals surface area contributed by atoms with Crippen LogP contribution in [0.1, 0.15) is 36.8 Å². The highest BCUT2D eigenvalue weighted by atomic mass is 19.1. The summed E-state index contributed by atoms with van der Waals surface area (Å²) in [7, 11) is 0. The van der Waals surface area contributed by atoms with Crippen molar-refractivity contribution in [1.82, 2.24) is 10.4 Å². The lowest BCUT2D eigenvalue weighted by molar-refractivity contribution is -0.124. The molecule has 1 aliphatic carbocycles. The van der Waals surface area contributed by atoms with Gasteiger partial charge in [0.15, 0.2) is 0 Å². The SMILES string of the molecule is O=C1NN(CCc2cccc(F)c2)C(Cc2ccccc2)C2=C1CCCC2. The highest BCUT2D eigenvalue weighted by molar-refractivity contribution is 5.95. The minimum Gasteiger partial charge on any atom is -0.284 e. The molecule has 0 bridgehead atoms. The minimum absolute atomic E-state index is 0.0493. The molecule has 0 fully saturated rings. The van der Waals surface area contributed by atoms with E-state index in [2.05, 4.69) is 34.7 Å². The Morgan fingerprint density at radius 1 is 1.00 bits per heavy atom. The van der Waals surface area contributed by atoms with Gasteiger partial charge in [-0.25, -0.2) is 9.40 Å². The fourth-order valence-corrected chi connectivity index (χ4v) is 4.24. The largest absolute Gasteiger partial charge is 0.284 e. The van der Waals surface area contributed by atoms with Gasteiger partial charge in [0.25, 0.3) is 5.91 Å². The standard InChI is InChI=1S/C23H25FN2O/c24-19-10-6-9-18(15-19)13-14-26-22(16-17-7-2-1-3-8-17)20-11-4-5-12-21(20)23(27)25-26/h1-3,6-10,15,22H,4-5,11-14,16H2,(H,25,27). The van der Waals surface area contributed by atoms with Gasteiger partial charge in [0, 0.05) is 12.1 Å². The highest BCUT2D eigenvalue weighted by Gasteiger charge is 2.34. The lowest BCUT2D eigenvalue weighted by atomic mass is 9.83. The zero-order valence-electron chi connectivity index (χ0n) is 15.5. The third-order valence-electron chi connectivity index (χ3n) is 5.61. The maximum atomic E-state index is 13.5. The van der Waals surface area contributed by atoms with Crippen molar-refractivity contribution in [2.45, 2.75) is 44.6 Å². The molecule has 1 heterocycles. The number of carbonyl (C=O) groups excluding carboxylic acids is 1. The molecule has 3 nitrogen and oxygen atoms in total. The van der Waals surface area contributed by atoms with Crippen LogP contribution in [0.4, 0.5) is 4.39 Å². The van der Waals surface area contributed by atoms with Gasteiger partial charge in [0.05, 0.1) is 6.04 Å². The number of hydrogen-bond acceptors (Lipinski definition) is 2. The van der Waals surface area contributed by atoms with Gasteiger partial charge in [-0.15, -0.1) is 0 Å². The number of hydrogen-bond donors (Lipinski definition) is 1. The minimum atomic E-state index is -0.215. The normalized spacial score (nSPS) is 20.3. The maximum absolute atomic E-state index is 13.5. The van der Waals surface area contributed by atoms with Crippen molar-refractivity contribution in [3.8, 4) is 0 Å². The van der Waals surface area contributed by atoms with Crippen LogP contribution in [0, 0.1) is 5.82 Å². The molecule has 2 aromatic carbocycles. The third kappa shape index (κ3) is 4.11. The number of carbonyl (C=O) groups is 1. The summed E-state index contributed by atoms with van der Waals surface area (Å²) < 4.78 is 13.5. The molecule has 1 aliphatic heterocycles. The Morgan fingerprint density at radius 2 is 1.78 bits per heavy atom. The first-order valence-electron chi connectivity index (χ1n) is 9.78. The topological polar surface area (TPSA) is 32.3 Å². The van der Waals surface area contributed by atoms with Crippen molar-refractivity contribution in [2.24, 2.45) is 0 Å². The van der Waals surface area contributed by atoms with Gasteiger partial charge >= 0.3 is 0 Å². The van der Waals surface area contributed by atoms with Gasteiger partial charge in [-0.2, -0.15) is 0 Å². The first-order valence-corrected chi connectivity index (χ1v) is 9.78. The Morgan fingerprint density at radius 3 is 2.59 bits per heavy atom. The fourth-order valence-electron chi connectivity index (χ4n) is 4.24. The molecule has 0 spiro atoms. The van der Waals surface area contributed by atoms with Crippen LogP contribution in [0.3, 0.4) is 0 Å². The fraction of sp³-hybridized carbons (Fsp3) is 0.348. The first-order chi connectivity index (χ1) is 13.2. The Kier molecular flexibility index (Phi) is 5.35. The van der Waals surface area contributed by atoms with E-state index in [-0.39, 0.29) is 17.8 Å². The van der Waals surface area contributed by atoms with E-state index in [1.807, 2.05) is 12.1 Å². The molecular formula is C23H25FN2O. The molecule has 0 aromatic heterocycles. The van der Waals surface area contributed by atoms with E-state index in [9.17, 15) is 9.18 Å². The summed E-state index contributed by atoms with van der Waals surface area (Å²) in [4.78, 5) is 12.6. The van der Waals surface area contributed by atoms with Gasteiger partial charge in [-0.1, -0.05) is 42.5 Å². The van der Waals surface area contributed by atoms with Gasteiger partial charge < -0.3 is 0 Å². The second kappa shape index (κ2) is 8.05. The van der Waals surface area contributed by atoms with Gasteiger partial charge in [0.1, 0.15) is 5.82 Å². The molecule has 0 radical (unpaired) electrons. The molecule has 2 aliphatic rings. The van der Waals surface area contributed by atoms with Crippen molar-refractivity contribution >= 4 is 5.91 Å². The van der Waals surface area contributed by atoms with Crippen LogP contribution in [0.25, 0.3) is 0 Å². The summed E-state index contributed by atoms with van der Waals surface area (Å²) >= 11 is 0. The Balaban J connectivity index is 1.58. The molecule has 1 unspecified atom stereocenters. The predicted octanol–water partition coefficient (Wildman–Crippen LogP) is 4.20. The summed E-state index contributed by atoms with van der Waals surface area (Å²) in [6.07, 6.45) is 5.69. The highest BCUT2D eigenvalue weighted by Crippen LogP contribution is 2.33. The van der Waals surface area contributed by atoms with Crippen LogP contribution < -0.4 is 5.43 Å². The van der Waals surface area contributed by atoms with Gasteiger partial charge in [-0.05, 0) is 67.4 Å². The van der Waals surface area contributed by atoms with E-state index in [4.69, 9.17) is 0 Å². The second-order valence-electron chi connectivity index (χ2n) is 7.43. The quantitative estimate of drug-likeness (QED) is 0.862. The predicted molar refractivity (Wildman–Crippen MR) is 104 cm³/mol. The molecule has 4 heteroatoms. The van der Waals surface area contributed by atoms with E-state index < -0.39 is 0 Å². The number of hydrazine groups is 1. The van der Waals surface area contributed by atoms with E-state index in [0.717, 1.165) is 43.2 Å². The summed E-state index contributed by atoms with van der Waals surface area (Å²) in [5.74, 6) is -0.165. The van der Waals surface area contributed by atoms with E-state index >= 15 is 0 Å². The molecular weight excluding hydrogens is 339 g/mol. The lowest BCUT2D eigenvalue weighted by Gasteiger charge is -2.40. The number of rotatable bonds is 5. The first kappa shape index (κ1) is 17.9. The summed E-state index contributed by atoms with van der Waals surface area (Å²) in [6, 6.07) is 17.3. The Labute approximate surface area is 159 Å². The average molecular weight is 364 g/mol. The van der Waals surface area contributed by atoms with Gasteiger partial charge in [0.2, 0.25) is 0 Å². The lowest BCUT2D eigenvalue weighted by Crippen LogP contribution is -2.55. The van der Waals surface area contributed by atoms with Crippen LogP contribution in [-0.2, 0) is 17.6 Å². The van der Waals surface area contributed by atoms with E-state index in [1.54, 1.807) is 12.1 Å². The van der Waals surface area contributed by atoms with E-state index in [1.165, 1.54) is 17.2 Å². The molecule has 0 saturated carbocycles. The number of amides is 1. The van der Waals surface area contributed by atoms with Crippen molar-refractivity contribution in [3.63, 3.8) is 0 Å². The Bertz CT molecular complexity index is 846. The number of nitrogens with one attached hydrogen (secondary N) is 1. The van der Waals surface area contributed by atoms with Crippen LogP contribution in [0.2, 0.25) is 0 Å². The number of halogens is 1. The maximum Gasteiger partial charge on any atom is 0.261 e. The number of benzene rings is 2. The van der Waals surface area contributed by atoms with Crippen LogP contribution in [0.15, 0.2) is 65.7 Å². The molecule has 2 aromatic rings. The monoisotopic (exact) mass is 364 g/mol. The van der Waals surface area contributed by atoms with Crippen molar-refractivity contribution in [2.75, 3.05) is 6.54 Å². The summed E-state index contributed by atoms with van der Waals surface area (Å²) in [5, 5.41) is 2.07. The zero-order valence-corrected chi connectivity index (χ0v) is 15.5. The number of nitrogens with zero attached hydrogens (tertiary/aromatic N) is 1. The molecule has 140 valence electrons. The van der Waals surface area contributed by atoms with Crippen LogP contribution in [0.5, 0.6) is 0 Å². The summed E-state index contributed by atoms with van der Waals surface area (Å²) in [5.41, 5.74) is 7.62. The smallest absolute Gasteiger partial charge is 0.261 e. The van der Waals surface area contributed by atoms with Crippen LogP contribution in [-0.4, -0.2) is 23.5 Å². The molecule has 1 atom stereocenters. The van der Waals surface area contributed by atoms with Crippen molar-refractivity contribution < 1.29 is 9.18 Å². The summed E-state index contributed by atoms with van der Waals surface area (Å²) in [6.45, 7) is 0.670. The third-order valence-corrected chi connectivity index (χ3v) is 5.61. The molecule has 1 N–H and O–H groups in total. The molecule has 1 amide bonds. The zero-order chi connectivity index (χ0) is 18.6. The average Bonchev–Trinajstić information content (AvgIpc) is 2.70. The van der Waals surface area contributed by atoms with Crippen molar-refractivity contribution in [3.05, 3.63) is 82.7 Å². The van der Waals surface area contributed by atoms with Crippen LogP contribution >= 0.6 is 0 Å². The second-order valence-corrected chi connectivity index (χ2v) is 7.43. The Hall–Kier alpha value is -2.46. The van der Waals surface area contributed by atoms with Crippen molar-refractivity contribution in [1.29, 1.82) is 0 Å². The molecule has 27 heavy (non-hydrogen) atoms.